The Morgan fingerprint density at radius 2 is 1.92 bits per heavy atom. The zero-order valence-corrected chi connectivity index (χ0v) is 19.1. The topological polar surface area (TPSA) is 49.6 Å². The third kappa shape index (κ3) is 8.03. The molecule has 26 heavy (non-hydrogen) atoms. The predicted molar refractivity (Wildman–Crippen MR) is 124 cm³/mol. The number of rotatable bonds is 8. The lowest BCUT2D eigenvalue weighted by atomic mass is 10.1. The maximum atomic E-state index is 5.39. The first kappa shape index (κ1) is 22.9. The molecule has 1 aromatic carbocycles. The number of guanidine groups is 1. The number of furan rings is 1. The Balaban J connectivity index is 0.00000338. The average Bonchev–Trinajstić information content (AvgIpc) is 3.13. The van der Waals surface area contributed by atoms with Crippen molar-refractivity contribution in [2.24, 2.45) is 4.99 Å². The fourth-order valence-electron chi connectivity index (χ4n) is 2.28. The van der Waals surface area contributed by atoms with Gasteiger partial charge < -0.3 is 15.1 Å². The van der Waals surface area contributed by atoms with Gasteiger partial charge in [-0.2, -0.15) is 11.8 Å². The van der Waals surface area contributed by atoms with Crippen molar-refractivity contribution in [1.29, 1.82) is 0 Å². The van der Waals surface area contributed by atoms with Crippen molar-refractivity contribution in [3.63, 3.8) is 0 Å². The SMILES string of the molecule is CSC(C)(C)CN=C(NCCc1ccco1)NC(C)c1ccccc1.I. The number of halogens is 1. The molecule has 0 aliphatic heterocycles. The summed E-state index contributed by atoms with van der Waals surface area (Å²) in [6.07, 6.45) is 4.67. The number of hydrogen-bond donors (Lipinski definition) is 2. The van der Waals surface area contributed by atoms with Gasteiger partial charge in [0.25, 0.3) is 0 Å². The van der Waals surface area contributed by atoms with Gasteiger partial charge in [0.15, 0.2) is 5.96 Å². The van der Waals surface area contributed by atoms with E-state index >= 15 is 0 Å². The Bertz CT molecular complexity index is 644. The molecule has 2 N–H and O–H groups in total. The molecule has 0 bridgehead atoms. The third-order valence-corrected chi connectivity index (χ3v) is 5.30. The zero-order valence-electron chi connectivity index (χ0n) is 16.0. The normalized spacial score (nSPS) is 13.0. The van der Waals surface area contributed by atoms with Crippen LogP contribution in [0.4, 0.5) is 0 Å². The summed E-state index contributed by atoms with van der Waals surface area (Å²) in [6, 6.07) is 14.5. The zero-order chi connectivity index (χ0) is 18.1. The maximum absolute atomic E-state index is 5.39. The second kappa shape index (κ2) is 11.5. The predicted octanol–water partition coefficient (Wildman–Crippen LogP) is 4.88. The van der Waals surface area contributed by atoms with Crippen LogP contribution in [0.15, 0.2) is 58.1 Å². The van der Waals surface area contributed by atoms with E-state index < -0.39 is 0 Å². The molecule has 2 rings (SSSR count). The van der Waals surface area contributed by atoms with Crippen LogP contribution in [0.5, 0.6) is 0 Å². The summed E-state index contributed by atoms with van der Waals surface area (Å²) in [5.74, 6) is 1.82. The van der Waals surface area contributed by atoms with Gasteiger partial charge in [-0.15, -0.1) is 24.0 Å². The second-order valence-electron chi connectivity index (χ2n) is 6.66. The molecular weight excluding hydrogens is 457 g/mol. The van der Waals surface area contributed by atoms with Crippen LogP contribution < -0.4 is 10.6 Å². The van der Waals surface area contributed by atoms with Gasteiger partial charge in [0.2, 0.25) is 0 Å². The molecule has 1 unspecified atom stereocenters. The van der Waals surface area contributed by atoms with E-state index in [0.29, 0.717) is 0 Å². The number of benzene rings is 1. The Morgan fingerprint density at radius 1 is 1.19 bits per heavy atom. The highest BCUT2D eigenvalue weighted by Gasteiger charge is 2.16. The molecule has 1 atom stereocenters. The summed E-state index contributed by atoms with van der Waals surface area (Å²) in [5.41, 5.74) is 1.24. The Morgan fingerprint density at radius 3 is 2.54 bits per heavy atom. The van der Waals surface area contributed by atoms with E-state index in [2.05, 4.69) is 61.9 Å². The number of aliphatic imine (C=N–C) groups is 1. The number of nitrogens with zero attached hydrogens (tertiary/aromatic N) is 1. The summed E-state index contributed by atoms with van der Waals surface area (Å²) in [5, 5.41) is 6.93. The van der Waals surface area contributed by atoms with Crippen molar-refractivity contribution in [3.05, 3.63) is 60.1 Å². The maximum Gasteiger partial charge on any atom is 0.191 e. The monoisotopic (exact) mass is 487 g/mol. The number of nitrogens with one attached hydrogen (secondary N) is 2. The molecule has 0 radical (unpaired) electrons. The fourth-order valence-corrected chi connectivity index (χ4v) is 2.47. The lowest BCUT2D eigenvalue weighted by Crippen LogP contribution is -2.40. The Hall–Kier alpha value is -1.15. The highest BCUT2D eigenvalue weighted by Crippen LogP contribution is 2.21. The van der Waals surface area contributed by atoms with Crippen LogP contribution in [-0.2, 0) is 6.42 Å². The van der Waals surface area contributed by atoms with E-state index in [0.717, 1.165) is 31.2 Å². The molecular formula is C20H30IN3OS. The largest absolute Gasteiger partial charge is 0.469 e. The molecule has 0 saturated carbocycles. The van der Waals surface area contributed by atoms with Gasteiger partial charge in [-0.3, -0.25) is 4.99 Å². The Kier molecular flexibility index (Phi) is 10.2. The lowest BCUT2D eigenvalue weighted by molar-refractivity contribution is 0.506. The number of thioether (sulfide) groups is 1. The average molecular weight is 487 g/mol. The standard InChI is InChI=1S/C20H29N3OS.HI/c1-16(17-9-6-5-7-10-17)23-19(22-15-20(2,3)25-4)21-13-12-18-11-8-14-24-18;/h5-11,14,16H,12-13,15H2,1-4H3,(H2,21,22,23);1H. The van der Waals surface area contributed by atoms with Gasteiger partial charge in [-0.25, -0.2) is 0 Å². The van der Waals surface area contributed by atoms with Crippen LogP contribution in [0.1, 0.15) is 38.1 Å². The van der Waals surface area contributed by atoms with E-state index in [9.17, 15) is 0 Å². The molecule has 1 aromatic heterocycles. The van der Waals surface area contributed by atoms with E-state index in [4.69, 9.17) is 9.41 Å². The lowest BCUT2D eigenvalue weighted by Gasteiger charge is -2.22. The van der Waals surface area contributed by atoms with Crippen LogP contribution >= 0.6 is 35.7 Å². The van der Waals surface area contributed by atoms with Crippen molar-refractivity contribution >= 4 is 41.7 Å². The Labute approximate surface area is 178 Å². The van der Waals surface area contributed by atoms with Gasteiger partial charge >= 0.3 is 0 Å². The minimum absolute atomic E-state index is 0. The van der Waals surface area contributed by atoms with Crippen LogP contribution in [0.3, 0.4) is 0 Å². The quantitative estimate of drug-likeness (QED) is 0.317. The van der Waals surface area contributed by atoms with Crippen LogP contribution in [-0.4, -0.2) is 30.1 Å². The molecule has 0 fully saturated rings. The summed E-state index contributed by atoms with van der Waals surface area (Å²) in [7, 11) is 0. The van der Waals surface area contributed by atoms with Crippen LogP contribution in [0.25, 0.3) is 0 Å². The van der Waals surface area contributed by atoms with Gasteiger partial charge in [-0.1, -0.05) is 30.3 Å². The minimum Gasteiger partial charge on any atom is -0.469 e. The molecule has 6 heteroatoms. The molecule has 0 aliphatic rings. The van der Waals surface area contributed by atoms with Gasteiger partial charge in [0.1, 0.15) is 5.76 Å². The van der Waals surface area contributed by atoms with Crippen molar-refractivity contribution in [1.82, 2.24) is 10.6 Å². The minimum atomic E-state index is 0. The smallest absolute Gasteiger partial charge is 0.191 e. The van der Waals surface area contributed by atoms with Gasteiger partial charge in [0.05, 0.1) is 18.8 Å². The van der Waals surface area contributed by atoms with Crippen LogP contribution in [0.2, 0.25) is 0 Å². The molecule has 0 amide bonds. The molecule has 4 nitrogen and oxygen atoms in total. The summed E-state index contributed by atoms with van der Waals surface area (Å²) in [4.78, 5) is 4.79. The third-order valence-electron chi connectivity index (χ3n) is 4.07. The van der Waals surface area contributed by atoms with Crippen molar-refractivity contribution < 1.29 is 4.42 Å². The van der Waals surface area contributed by atoms with Gasteiger partial charge in [0, 0.05) is 17.7 Å². The van der Waals surface area contributed by atoms with E-state index in [-0.39, 0.29) is 34.8 Å². The van der Waals surface area contributed by atoms with Crippen molar-refractivity contribution in [2.75, 3.05) is 19.3 Å². The van der Waals surface area contributed by atoms with E-state index in [1.165, 1.54) is 5.56 Å². The first-order valence-corrected chi connectivity index (χ1v) is 9.90. The molecule has 0 saturated heterocycles. The number of hydrogen-bond acceptors (Lipinski definition) is 3. The van der Waals surface area contributed by atoms with Crippen molar-refractivity contribution in [3.8, 4) is 0 Å². The van der Waals surface area contributed by atoms with Gasteiger partial charge in [-0.05, 0) is 44.7 Å². The molecule has 1 heterocycles. The molecule has 0 aliphatic carbocycles. The summed E-state index contributed by atoms with van der Waals surface area (Å²) >= 11 is 1.83. The van der Waals surface area contributed by atoms with E-state index in [1.54, 1.807) is 6.26 Å². The fraction of sp³-hybridized carbons (Fsp3) is 0.450. The first-order chi connectivity index (χ1) is 12.0. The molecule has 0 spiro atoms. The highest BCUT2D eigenvalue weighted by atomic mass is 127. The molecule has 2 aromatic rings. The second-order valence-corrected chi connectivity index (χ2v) is 8.17. The summed E-state index contributed by atoms with van der Waals surface area (Å²) < 4.78 is 5.51. The molecule has 144 valence electrons. The van der Waals surface area contributed by atoms with E-state index in [1.807, 2.05) is 30.0 Å². The summed E-state index contributed by atoms with van der Waals surface area (Å²) in [6.45, 7) is 8.11. The highest BCUT2D eigenvalue weighted by molar-refractivity contribution is 14.0. The van der Waals surface area contributed by atoms with Crippen molar-refractivity contribution in [2.45, 2.75) is 38.0 Å². The van der Waals surface area contributed by atoms with Crippen LogP contribution in [0, 0.1) is 0 Å². The first-order valence-electron chi connectivity index (χ1n) is 8.67.